The summed E-state index contributed by atoms with van der Waals surface area (Å²) in [6, 6.07) is 17.1. The number of rotatable bonds is 7. The average Bonchev–Trinajstić information content (AvgIpc) is 2.73. The summed E-state index contributed by atoms with van der Waals surface area (Å²) in [6.07, 6.45) is 0. The fourth-order valence-corrected chi connectivity index (χ4v) is 4.71. The van der Waals surface area contributed by atoms with E-state index in [1.54, 1.807) is 19.1 Å². The van der Waals surface area contributed by atoms with E-state index < -0.39 is 14.9 Å². The number of benzene rings is 3. The zero-order chi connectivity index (χ0) is 22.6. The number of hydrogen-bond acceptors (Lipinski definition) is 6. The van der Waals surface area contributed by atoms with Gasteiger partial charge in [0.15, 0.2) is 0 Å². The second-order valence-corrected chi connectivity index (χ2v) is 9.22. The Morgan fingerprint density at radius 3 is 2.42 bits per heavy atom. The fourth-order valence-electron chi connectivity index (χ4n) is 2.64. The van der Waals surface area contributed by atoms with Gasteiger partial charge in [-0.3, -0.25) is 20.3 Å². The van der Waals surface area contributed by atoms with Crippen molar-refractivity contribution in [2.45, 2.75) is 11.8 Å². The predicted molar refractivity (Wildman–Crippen MR) is 125 cm³/mol. The third-order valence-electron chi connectivity index (χ3n) is 4.19. The van der Waals surface area contributed by atoms with E-state index in [-0.39, 0.29) is 27.0 Å². The third kappa shape index (κ3) is 5.40. The van der Waals surface area contributed by atoms with Crippen molar-refractivity contribution in [3.05, 3.63) is 91.9 Å². The van der Waals surface area contributed by atoms with E-state index in [0.29, 0.717) is 5.71 Å². The van der Waals surface area contributed by atoms with Crippen LogP contribution in [0.5, 0.6) is 0 Å². The standard InChI is InChI=1S/C20H16BrClN4O4S/c1-13(15-6-2-3-7-16(15)21)23-24-19-11-10-14(26(27)28)12-20(19)31(29,30)25-18-9-5-4-8-17(18)22/h2-12,24-25H,1H3/b23-13-. The highest BCUT2D eigenvalue weighted by Gasteiger charge is 2.23. The van der Waals surface area contributed by atoms with Gasteiger partial charge in [0.1, 0.15) is 4.90 Å². The van der Waals surface area contributed by atoms with Crippen LogP contribution < -0.4 is 10.1 Å². The second kappa shape index (κ2) is 9.46. The first-order valence-corrected chi connectivity index (χ1v) is 11.5. The van der Waals surface area contributed by atoms with Crippen molar-refractivity contribution in [3.8, 4) is 0 Å². The maximum absolute atomic E-state index is 13.0. The Hall–Kier alpha value is -2.95. The Kier molecular flexibility index (Phi) is 6.94. The first kappa shape index (κ1) is 22.7. The Morgan fingerprint density at radius 2 is 1.74 bits per heavy atom. The smallest absolute Gasteiger partial charge is 0.270 e. The molecule has 160 valence electrons. The maximum atomic E-state index is 13.0. The van der Waals surface area contributed by atoms with E-state index in [1.165, 1.54) is 24.3 Å². The van der Waals surface area contributed by atoms with Gasteiger partial charge >= 0.3 is 0 Å². The van der Waals surface area contributed by atoms with Crippen LogP contribution in [0.1, 0.15) is 12.5 Å². The molecule has 0 aliphatic rings. The van der Waals surface area contributed by atoms with Crippen molar-refractivity contribution >= 4 is 60.3 Å². The number of nitrogens with one attached hydrogen (secondary N) is 2. The lowest BCUT2D eigenvalue weighted by Crippen LogP contribution is -2.15. The molecule has 0 aliphatic carbocycles. The van der Waals surface area contributed by atoms with E-state index in [4.69, 9.17) is 11.6 Å². The Morgan fingerprint density at radius 1 is 1.06 bits per heavy atom. The van der Waals surface area contributed by atoms with Crippen LogP contribution >= 0.6 is 27.5 Å². The third-order valence-corrected chi connectivity index (χ3v) is 6.62. The molecule has 31 heavy (non-hydrogen) atoms. The summed E-state index contributed by atoms with van der Waals surface area (Å²) in [5.74, 6) is 0. The summed E-state index contributed by atoms with van der Waals surface area (Å²) >= 11 is 9.48. The first-order valence-electron chi connectivity index (χ1n) is 8.80. The summed E-state index contributed by atoms with van der Waals surface area (Å²) < 4.78 is 29.2. The highest BCUT2D eigenvalue weighted by molar-refractivity contribution is 9.10. The van der Waals surface area contributed by atoms with Crippen molar-refractivity contribution in [1.82, 2.24) is 0 Å². The van der Waals surface area contributed by atoms with Gasteiger partial charge in [-0.2, -0.15) is 5.10 Å². The SMILES string of the molecule is C/C(=N/Nc1ccc([N+](=O)[O-])cc1S(=O)(=O)Nc1ccccc1Cl)c1ccccc1Br. The van der Waals surface area contributed by atoms with Crippen molar-refractivity contribution in [2.75, 3.05) is 10.1 Å². The number of anilines is 2. The van der Waals surface area contributed by atoms with Crippen LogP contribution in [0.4, 0.5) is 17.1 Å². The molecule has 2 N–H and O–H groups in total. The number of non-ortho nitro benzene ring substituents is 1. The molecular formula is C20H16BrClN4O4S. The molecule has 3 aromatic carbocycles. The quantitative estimate of drug-likeness (QED) is 0.236. The summed E-state index contributed by atoms with van der Waals surface area (Å²) in [6.45, 7) is 1.74. The summed E-state index contributed by atoms with van der Waals surface area (Å²) in [5, 5.41) is 15.6. The highest BCUT2D eigenvalue weighted by atomic mass is 79.9. The zero-order valence-corrected chi connectivity index (χ0v) is 19.2. The monoisotopic (exact) mass is 522 g/mol. The molecule has 0 bridgehead atoms. The molecule has 0 amide bonds. The number of halogens is 2. The van der Waals surface area contributed by atoms with Crippen LogP contribution in [-0.4, -0.2) is 19.1 Å². The Labute approximate surface area is 192 Å². The fraction of sp³-hybridized carbons (Fsp3) is 0.0500. The van der Waals surface area contributed by atoms with E-state index >= 15 is 0 Å². The van der Waals surface area contributed by atoms with Crippen molar-refractivity contribution in [2.24, 2.45) is 5.10 Å². The van der Waals surface area contributed by atoms with Crippen LogP contribution in [0.3, 0.4) is 0 Å². The number of hydrogen-bond donors (Lipinski definition) is 2. The minimum Gasteiger partial charge on any atom is -0.278 e. The lowest BCUT2D eigenvalue weighted by Gasteiger charge is -2.13. The van der Waals surface area contributed by atoms with Crippen LogP contribution in [0.15, 0.2) is 81.2 Å². The molecule has 0 aliphatic heterocycles. The molecule has 0 unspecified atom stereocenters. The topological polar surface area (TPSA) is 114 Å². The number of hydrazone groups is 1. The number of nitro groups is 1. The average molecular weight is 524 g/mol. The molecule has 0 aromatic heterocycles. The molecule has 0 radical (unpaired) electrons. The maximum Gasteiger partial charge on any atom is 0.270 e. The van der Waals surface area contributed by atoms with Crippen molar-refractivity contribution in [1.29, 1.82) is 0 Å². The van der Waals surface area contributed by atoms with E-state index in [2.05, 4.69) is 31.2 Å². The molecular weight excluding hydrogens is 508 g/mol. The lowest BCUT2D eigenvalue weighted by atomic mass is 10.1. The van der Waals surface area contributed by atoms with E-state index in [9.17, 15) is 18.5 Å². The van der Waals surface area contributed by atoms with Crippen LogP contribution in [0.25, 0.3) is 0 Å². The Bertz CT molecular complexity index is 1280. The molecule has 0 saturated carbocycles. The van der Waals surface area contributed by atoms with Gasteiger partial charge in [0, 0.05) is 22.2 Å². The molecule has 3 aromatic rings. The van der Waals surface area contributed by atoms with Gasteiger partial charge in [0.05, 0.1) is 27.0 Å². The van der Waals surface area contributed by atoms with Gasteiger partial charge in [0.2, 0.25) is 0 Å². The minimum absolute atomic E-state index is 0.0663. The summed E-state index contributed by atoms with van der Waals surface area (Å²) in [7, 11) is -4.22. The van der Waals surface area contributed by atoms with Gasteiger partial charge in [0.25, 0.3) is 15.7 Å². The molecule has 11 heteroatoms. The number of nitrogens with zero attached hydrogens (tertiary/aromatic N) is 2. The molecule has 8 nitrogen and oxygen atoms in total. The normalized spacial score (nSPS) is 11.8. The molecule has 0 heterocycles. The molecule has 0 saturated heterocycles. The van der Waals surface area contributed by atoms with E-state index in [1.807, 2.05) is 24.3 Å². The van der Waals surface area contributed by atoms with Crippen LogP contribution in [0.2, 0.25) is 5.02 Å². The van der Waals surface area contributed by atoms with Gasteiger partial charge in [-0.1, -0.05) is 57.9 Å². The highest BCUT2D eigenvalue weighted by Crippen LogP contribution is 2.30. The van der Waals surface area contributed by atoms with Crippen molar-refractivity contribution in [3.63, 3.8) is 0 Å². The van der Waals surface area contributed by atoms with E-state index in [0.717, 1.165) is 16.1 Å². The predicted octanol–water partition coefficient (Wildman–Crippen LogP) is 5.65. The summed E-state index contributed by atoms with van der Waals surface area (Å²) in [5.41, 5.74) is 3.92. The second-order valence-electron chi connectivity index (χ2n) is 6.31. The van der Waals surface area contributed by atoms with Crippen molar-refractivity contribution < 1.29 is 13.3 Å². The minimum atomic E-state index is -4.22. The molecule has 0 fully saturated rings. The molecule has 0 spiro atoms. The largest absolute Gasteiger partial charge is 0.278 e. The number of sulfonamides is 1. The first-order chi connectivity index (χ1) is 14.7. The van der Waals surface area contributed by atoms with Gasteiger partial charge < -0.3 is 0 Å². The van der Waals surface area contributed by atoms with Gasteiger partial charge in [-0.05, 0) is 31.2 Å². The van der Waals surface area contributed by atoms with Crippen LogP contribution in [0, 0.1) is 10.1 Å². The zero-order valence-electron chi connectivity index (χ0n) is 16.0. The lowest BCUT2D eigenvalue weighted by molar-refractivity contribution is -0.385. The Balaban J connectivity index is 2.02. The number of nitro benzene ring substituents is 1. The number of para-hydroxylation sites is 1. The van der Waals surface area contributed by atoms with Crippen LogP contribution in [-0.2, 0) is 10.0 Å². The summed E-state index contributed by atoms with van der Waals surface area (Å²) in [4.78, 5) is 10.2. The van der Waals surface area contributed by atoms with Gasteiger partial charge in [-0.25, -0.2) is 8.42 Å². The molecule has 0 atom stereocenters. The van der Waals surface area contributed by atoms with Gasteiger partial charge in [-0.15, -0.1) is 0 Å². The molecule has 3 rings (SSSR count).